The molecule has 0 aromatic carbocycles. The first kappa shape index (κ1) is 17.4. The second-order valence-corrected chi connectivity index (χ2v) is 8.04. The van der Waals surface area contributed by atoms with E-state index in [-0.39, 0.29) is 18.9 Å². The Balaban J connectivity index is 1.70. The first-order valence-electron chi connectivity index (χ1n) is 8.22. The highest BCUT2D eigenvalue weighted by Crippen LogP contribution is 2.43. The summed E-state index contributed by atoms with van der Waals surface area (Å²) in [4.78, 5) is 19.0. The molecule has 1 amide bonds. The van der Waals surface area contributed by atoms with Crippen molar-refractivity contribution in [2.24, 2.45) is 0 Å². The predicted octanol–water partition coefficient (Wildman–Crippen LogP) is 3.75. The van der Waals surface area contributed by atoms with Gasteiger partial charge in [-0.05, 0) is 18.8 Å². The Morgan fingerprint density at radius 2 is 2.12 bits per heavy atom. The van der Waals surface area contributed by atoms with Gasteiger partial charge in [0.05, 0.1) is 0 Å². The lowest BCUT2D eigenvalue weighted by atomic mass is 9.76. The molecule has 2 aliphatic carbocycles. The number of nitrogens with zero attached hydrogens (tertiary/aromatic N) is 3. The highest BCUT2D eigenvalue weighted by atomic mass is 35.5. The molecule has 5 nitrogen and oxygen atoms in total. The third-order valence-corrected chi connectivity index (χ3v) is 6.65. The van der Waals surface area contributed by atoms with Crippen molar-refractivity contribution in [3.05, 3.63) is 10.0 Å². The lowest BCUT2D eigenvalue weighted by Gasteiger charge is -2.40. The van der Waals surface area contributed by atoms with Crippen molar-refractivity contribution in [2.75, 3.05) is 11.9 Å². The van der Waals surface area contributed by atoms with Crippen LogP contribution in [0.1, 0.15) is 55.7 Å². The third kappa shape index (κ3) is 3.22. The molecule has 0 saturated heterocycles. The molecule has 2 fully saturated rings. The normalized spacial score (nSPS) is 27.2. The largest absolute Gasteiger partial charge is 0.321 e. The van der Waals surface area contributed by atoms with Gasteiger partial charge in [0, 0.05) is 30.8 Å². The van der Waals surface area contributed by atoms with E-state index in [0.717, 1.165) is 17.7 Å². The first-order chi connectivity index (χ1) is 11.4. The Kier molecular flexibility index (Phi) is 4.97. The molecule has 0 spiro atoms. The van der Waals surface area contributed by atoms with Gasteiger partial charge in [-0.25, -0.2) is 9.37 Å². The van der Waals surface area contributed by atoms with Crippen molar-refractivity contribution < 1.29 is 9.18 Å². The zero-order valence-electron chi connectivity index (χ0n) is 13.5. The number of hydrogen-bond donors (Lipinski definition) is 1. The number of alkyl halides is 1. The fourth-order valence-electron chi connectivity index (χ4n) is 3.54. The molecule has 1 aromatic rings. The summed E-state index contributed by atoms with van der Waals surface area (Å²) in [5.74, 6) is -0.215. The molecule has 1 heterocycles. The lowest BCUT2D eigenvalue weighted by molar-refractivity contribution is -0.136. The number of carbonyl (C=O) groups is 1. The Hall–Kier alpha value is -1.39. The fraction of sp³-hybridized carbons (Fsp3) is 0.688. The van der Waals surface area contributed by atoms with Crippen LogP contribution in [0.15, 0.2) is 0 Å². The molecular formula is C16H20ClFN4OS. The van der Waals surface area contributed by atoms with Gasteiger partial charge in [-0.1, -0.05) is 42.2 Å². The topological polar surface area (TPSA) is 69.0 Å². The van der Waals surface area contributed by atoms with Crippen LogP contribution in [0.4, 0.5) is 9.52 Å². The number of nitriles is 1. The number of thiazole rings is 1. The van der Waals surface area contributed by atoms with E-state index in [2.05, 4.69) is 10.3 Å². The summed E-state index contributed by atoms with van der Waals surface area (Å²) in [5, 5.41) is 11.9. The molecule has 1 aromatic heterocycles. The maximum Gasteiger partial charge on any atom is 0.266 e. The molecule has 0 radical (unpaired) electrons. The van der Waals surface area contributed by atoms with Gasteiger partial charge in [-0.3, -0.25) is 9.69 Å². The van der Waals surface area contributed by atoms with E-state index in [9.17, 15) is 9.18 Å². The molecule has 0 atom stereocenters. The standard InChI is InChI=1S/C16H20ClFN4OS/c1-22(14(23)16(18)7-11(8-16)20-9-19)15-21-13(17)12(24-15)10-5-3-2-4-6-10/h10-11,20H,2-8H2,1H3. The molecule has 8 heteroatoms. The molecule has 0 unspecified atom stereocenters. The quantitative estimate of drug-likeness (QED) is 0.647. The molecule has 0 aliphatic heterocycles. The van der Waals surface area contributed by atoms with Crippen LogP contribution >= 0.6 is 22.9 Å². The average Bonchev–Trinajstić information content (AvgIpc) is 2.94. The molecule has 130 valence electrons. The lowest BCUT2D eigenvalue weighted by Crippen LogP contribution is -2.58. The summed E-state index contributed by atoms with van der Waals surface area (Å²) >= 11 is 7.67. The maximum absolute atomic E-state index is 14.7. The number of aromatic nitrogens is 1. The first-order valence-corrected chi connectivity index (χ1v) is 9.42. The Morgan fingerprint density at radius 1 is 1.46 bits per heavy atom. The predicted molar refractivity (Wildman–Crippen MR) is 92.0 cm³/mol. The van der Waals surface area contributed by atoms with Crippen molar-refractivity contribution in [3.63, 3.8) is 0 Å². The van der Waals surface area contributed by atoms with Gasteiger partial charge in [0.15, 0.2) is 17.0 Å². The van der Waals surface area contributed by atoms with Gasteiger partial charge < -0.3 is 5.32 Å². The number of hydrogen-bond acceptors (Lipinski definition) is 5. The van der Waals surface area contributed by atoms with E-state index in [4.69, 9.17) is 16.9 Å². The van der Waals surface area contributed by atoms with Crippen LogP contribution in [0.2, 0.25) is 5.15 Å². The molecule has 2 aliphatic rings. The Morgan fingerprint density at radius 3 is 2.75 bits per heavy atom. The molecule has 24 heavy (non-hydrogen) atoms. The summed E-state index contributed by atoms with van der Waals surface area (Å²) < 4.78 is 14.7. The number of halogens is 2. The number of amides is 1. The Labute approximate surface area is 149 Å². The van der Waals surface area contributed by atoms with Crippen LogP contribution in [0.5, 0.6) is 0 Å². The summed E-state index contributed by atoms with van der Waals surface area (Å²) in [6.45, 7) is 0. The number of rotatable bonds is 4. The molecule has 2 saturated carbocycles. The van der Waals surface area contributed by atoms with Gasteiger partial charge in [-0.2, -0.15) is 5.26 Å². The van der Waals surface area contributed by atoms with E-state index in [1.165, 1.54) is 42.5 Å². The second kappa shape index (κ2) is 6.85. The van der Waals surface area contributed by atoms with Crippen LogP contribution in [0, 0.1) is 11.5 Å². The van der Waals surface area contributed by atoms with Gasteiger partial charge in [0.25, 0.3) is 5.91 Å². The average molecular weight is 371 g/mol. The highest BCUT2D eigenvalue weighted by molar-refractivity contribution is 7.16. The zero-order valence-corrected chi connectivity index (χ0v) is 15.1. The van der Waals surface area contributed by atoms with E-state index < -0.39 is 11.6 Å². The van der Waals surface area contributed by atoms with Crippen molar-refractivity contribution in [3.8, 4) is 6.19 Å². The number of nitrogens with one attached hydrogen (secondary N) is 1. The minimum absolute atomic E-state index is 0.0122. The van der Waals surface area contributed by atoms with Crippen molar-refractivity contribution in [1.82, 2.24) is 10.3 Å². The monoisotopic (exact) mass is 370 g/mol. The molecule has 3 rings (SSSR count). The fourth-order valence-corrected chi connectivity index (χ4v) is 5.02. The van der Waals surface area contributed by atoms with Crippen molar-refractivity contribution in [1.29, 1.82) is 5.26 Å². The number of anilines is 1. The summed E-state index contributed by atoms with van der Waals surface area (Å²) in [6, 6.07) is -0.268. The molecule has 1 N–H and O–H groups in total. The smallest absolute Gasteiger partial charge is 0.266 e. The second-order valence-electron chi connectivity index (χ2n) is 6.68. The maximum atomic E-state index is 14.7. The minimum Gasteiger partial charge on any atom is -0.321 e. The van der Waals surface area contributed by atoms with Gasteiger partial charge in [-0.15, -0.1) is 0 Å². The van der Waals surface area contributed by atoms with Gasteiger partial charge in [0.1, 0.15) is 5.15 Å². The summed E-state index contributed by atoms with van der Waals surface area (Å²) in [6.07, 6.45) is 7.61. The van der Waals surface area contributed by atoms with E-state index in [1.807, 2.05) is 0 Å². The minimum atomic E-state index is -1.92. The van der Waals surface area contributed by atoms with Crippen molar-refractivity contribution >= 4 is 34.0 Å². The molecular weight excluding hydrogens is 351 g/mol. The van der Waals surface area contributed by atoms with E-state index in [0.29, 0.717) is 16.2 Å². The highest BCUT2D eigenvalue weighted by Gasteiger charge is 2.53. The van der Waals surface area contributed by atoms with Crippen LogP contribution in [0.3, 0.4) is 0 Å². The number of carbonyl (C=O) groups excluding carboxylic acids is 1. The molecule has 0 bridgehead atoms. The Bertz CT molecular complexity index is 662. The van der Waals surface area contributed by atoms with Crippen LogP contribution in [-0.2, 0) is 4.79 Å². The van der Waals surface area contributed by atoms with Crippen LogP contribution in [-0.4, -0.2) is 29.6 Å². The van der Waals surface area contributed by atoms with Gasteiger partial charge in [0.2, 0.25) is 0 Å². The zero-order chi connectivity index (χ0) is 17.3. The van der Waals surface area contributed by atoms with E-state index >= 15 is 0 Å². The van der Waals surface area contributed by atoms with Gasteiger partial charge >= 0.3 is 0 Å². The summed E-state index contributed by atoms with van der Waals surface area (Å²) in [5.41, 5.74) is -1.92. The summed E-state index contributed by atoms with van der Waals surface area (Å²) in [7, 11) is 1.54. The van der Waals surface area contributed by atoms with Crippen molar-refractivity contribution in [2.45, 2.75) is 62.6 Å². The van der Waals surface area contributed by atoms with E-state index in [1.54, 1.807) is 6.19 Å². The van der Waals surface area contributed by atoms with Crippen LogP contribution in [0.25, 0.3) is 0 Å². The SMILES string of the molecule is CN(C(=O)C1(F)CC(NC#N)C1)c1nc(Cl)c(C2CCCCC2)s1. The van der Waals surface area contributed by atoms with Crippen LogP contribution < -0.4 is 10.2 Å². The third-order valence-electron chi connectivity index (χ3n) is 4.96.